The number of anilines is 2. The largest absolute Gasteiger partial charge is 0.367 e. The molecule has 0 radical (unpaired) electrons. The predicted octanol–water partition coefficient (Wildman–Crippen LogP) is 5.05. The quantitative estimate of drug-likeness (QED) is 0.763. The Labute approximate surface area is 140 Å². The molecule has 0 atom stereocenters. The van der Waals surface area contributed by atoms with Gasteiger partial charge in [0.2, 0.25) is 0 Å². The maximum atomic E-state index is 4.61. The SMILES string of the molecule is Cc1nc(NC2CCCCCC2)cc(NC2CCCCCC2)n1. The van der Waals surface area contributed by atoms with Crippen LogP contribution in [0.25, 0.3) is 0 Å². The van der Waals surface area contributed by atoms with Gasteiger partial charge in [-0.25, -0.2) is 9.97 Å². The Kier molecular flexibility index (Phi) is 6.12. The van der Waals surface area contributed by atoms with Crippen molar-refractivity contribution in [1.29, 1.82) is 0 Å². The van der Waals surface area contributed by atoms with Gasteiger partial charge in [-0.3, -0.25) is 0 Å². The number of hydrogen-bond donors (Lipinski definition) is 2. The monoisotopic (exact) mass is 316 g/mol. The van der Waals surface area contributed by atoms with Gasteiger partial charge in [-0.2, -0.15) is 0 Å². The van der Waals surface area contributed by atoms with Crippen LogP contribution in [-0.2, 0) is 0 Å². The van der Waals surface area contributed by atoms with Crippen molar-refractivity contribution in [2.75, 3.05) is 10.6 Å². The lowest BCUT2D eigenvalue weighted by Crippen LogP contribution is -2.22. The van der Waals surface area contributed by atoms with E-state index in [1.54, 1.807) is 0 Å². The van der Waals surface area contributed by atoms with Gasteiger partial charge >= 0.3 is 0 Å². The zero-order chi connectivity index (χ0) is 15.9. The highest BCUT2D eigenvalue weighted by Gasteiger charge is 2.15. The van der Waals surface area contributed by atoms with Gasteiger partial charge in [-0.05, 0) is 32.6 Å². The van der Waals surface area contributed by atoms with Gasteiger partial charge in [-0.1, -0.05) is 51.4 Å². The molecule has 2 saturated carbocycles. The zero-order valence-electron chi connectivity index (χ0n) is 14.6. The molecule has 1 aromatic heterocycles. The Bertz CT molecular complexity index is 432. The summed E-state index contributed by atoms with van der Waals surface area (Å²) in [5.74, 6) is 2.86. The minimum absolute atomic E-state index is 0.581. The molecule has 0 unspecified atom stereocenters. The van der Waals surface area contributed by atoms with Crippen LogP contribution in [-0.4, -0.2) is 22.1 Å². The van der Waals surface area contributed by atoms with Crippen LogP contribution in [0, 0.1) is 6.92 Å². The van der Waals surface area contributed by atoms with Crippen molar-refractivity contribution >= 4 is 11.6 Å². The Morgan fingerprint density at radius 3 is 1.48 bits per heavy atom. The lowest BCUT2D eigenvalue weighted by molar-refractivity contribution is 0.613. The normalized spacial score (nSPS) is 21.4. The lowest BCUT2D eigenvalue weighted by Gasteiger charge is -2.20. The Balaban J connectivity index is 1.63. The first-order valence-electron chi connectivity index (χ1n) is 9.68. The molecule has 4 nitrogen and oxygen atoms in total. The number of rotatable bonds is 4. The van der Waals surface area contributed by atoms with E-state index < -0.39 is 0 Å². The topological polar surface area (TPSA) is 49.8 Å². The summed E-state index contributed by atoms with van der Waals surface area (Å²) in [6.45, 7) is 2.00. The van der Waals surface area contributed by atoms with E-state index in [2.05, 4.69) is 26.7 Å². The molecule has 4 heteroatoms. The molecule has 1 heterocycles. The minimum atomic E-state index is 0.581. The second-order valence-corrected chi connectivity index (χ2v) is 7.35. The fraction of sp³-hybridized carbons (Fsp3) is 0.789. The van der Waals surface area contributed by atoms with Crippen LogP contribution in [0.4, 0.5) is 11.6 Å². The molecule has 0 spiro atoms. The third-order valence-corrected chi connectivity index (χ3v) is 5.25. The maximum absolute atomic E-state index is 4.61. The Hall–Kier alpha value is -1.32. The number of nitrogens with zero attached hydrogens (tertiary/aromatic N) is 2. The fourth-order valence-electron chi connectivity index (χ4n) is 3.98. The highest BCUT2D eigenvalue weighted by molar-refractivity contribution is 5.48. The van der Waals surface area contributed by atoms with Crippen molar-refractivity contribution in [3.63, 3.8) is 0 Å². The molecule has 0 aromatic carbocycles. The second kappa shape index (κ2) is 8.51. The van der Waals surface area contributed by atoms with Crippen molar-refractivity contribution in [2.45, 2.75) is 96.1 Å². The molecular formula is C19H32N4. The second-order valence-electron chi connectivity index (χ2n) is 7.35. The van der Waals surface area contributed by atoms with E-state index in [0.29, 0.717) is 12.1 Å². The molecule has 2 fully saturated rings. The molecule has 0 aliphatic heterocycles. The molecule has 0 saturated heterocycles. The number of hydrogen-bond acceptors (Lipinski definition) is 4. The van der Waals surface area contributed by atoms with E-state index in [9.17, 15) is 0 Å². The molecule has 3 rings (SSSR count). The summed E-state index contributed by atoms with van der Waals surface area (Å²) in [5, 5.41) is 7.32. The number of aromatic nitrogens is 2. The first-order chi connectivity index (χ1) is 11.3. The van der Waals surface area contributed by atoms with Gasteiger partial charge in [0.15, 0.2) is 0 Å². The van der Waals surface area contributed by atoms with Crippen LogP contribution in [0.2, 0.25) is 0 Å². The molecule has 2 aliphatic carbocycles. The smallest absolute Gasteiger partial charge is 0.132 e. The van der Waals surface area contributed by atoms with Crippen LogP contribution in [0.5, 0.6) is 0 Å². The van der Waals surface area contributed by atoms with Gasteiger partial charge in [0.1, 0.15) is 17.5 Å². The van der Waals surface area contributed by atoms with Crippen LogP contribution in [0.3, 0.4) is 0 Å². The lowest BCUT2D eigenvalue weighted by atomic mass is 10.1. The van der Waals surface area contributed by atoms with E-state index in [1.807, 2.05) is 6.92 Å². The van der Waals surface area contributed by atoms with Crippen molar-refractivity contribution in [3.05, 3.63) is 11.9 Å². The maximum Gasteiger partial charge on any atom is 0.132 e. The third-order valence-electron chi connectivity index (χ3n) is 5.25. The van der Waals surface area contributed by atoms with Crippen molar-refractivity contribution in [2.24, 2.45) is 0 Å². The minimum Gasteiger partial charge on any atom is -0.367 e. The third kappa shape index (κ3) is 5.36. The summed E-state index contributed by atoms with van der Waals surface area (Å²) < 4.78 is 0. The number of nitrogens with one attached hydrogen (secondary N) is 2. The van der Waals surface area contributed by atoms with Gasteiger partial charge in [0.25, 0.3) is 0 Å². The average molecular weight is 316 g/mol. The summed E-state index contributed by atoms with van der Waals surface area (Å²) in [7, 11) is 0. The van der Waals surface area contributed by atoms with Gasteiger partial charge in [0, 0.05) is 18.2 Å². The van der Waals surface area contributed by atoms with Crippen LogP contribution in [0.15, 0.2) is 6.07 Å². The van der Waals surface area contributed by atoms with E-state index in [0.717, 1.165) is 17.5 Å². The van der Waals surface area contributed by atoms with Gasteiger partial charge < -0.3 is 10.6 Å². The van der Waals surface area contributed by atoms with Crippen LogP contribution in [0.1, 0.15) is 82.9 Å². The molecule has 128 valence electrons. The van der Waals surface area contributed by atoms with E-state index >= 15 is 0 Å². The van der Waals surface area contributed by atoms with Crippen LogP contribution < -0.4 is 10.6 Å². The molecule has 2 N–H and O–H groups in total. The van der Waals surface area contributed by atoms with Gasteiger partial charge in [0.05, 0.1) is 0 Å². The van der Waals surface area contributed by atoms with Crippen molar-refractivity contribution in [1.82, 2.24) is 9.97 Å². The fourth-order valence-corrected chi connectivity index (χ4v) is 3.98. The zero-order valence-corrected chi connectivity index (χ0v) is 14.6. The first kappa shape index (κ1) is 16.5. The van der Waals surface area contributed by atoms with Crippen molar-refractivity contribution in [3.8, 4) is 0 Å². The molecule has 23 heavy (non-hydrogen) atoms. The molecule has 0 amide bonds. The summed E-state index contributed by atoms with van der Waals surface area (Å²) in [5.41, 5.74) is 0. The highest BCUT2D eigenvalue weighted by Crippen LogP contribution is 2.23. The van der Waals surface area contributed by atoms with Gasteiger partial charge in [-0.15, -0.1) is 0 Å². The average Bonchev–Trinajstić information content (AvgIpc) is 2.91. The Morgan fingerprint density at radius 2 is 1.09 bits per heavy atom. The highest BCUT2D eigenvalue weighted by atomic mass is 15.1. The summed E-state index contributed by atoms with van der Waals surface area (Å²) in [6, 6.07) is 3.28. The first-order valence-corrected chi connectivity index (χ1v) is 9.68. The molecule has 2 aliphatic rings. The van der Waals surface area contributed by atoms with E-state index in [4.69, 9.17) is 0 Å². The van der Waals surface area contributed by atoms with Crippen LogP contribution >= 0.6 is 0 Å². The Morgan fingerprint density at radius 1 is 0.696 bits per heavy atom. The molecule has 1 aromatic rings. The molecule has 0 bridgehead atoms. The summed E-state index contributed by atoms with van der Waals surface area (Å²) >= 11 is 0. The standard InChI is InChI=1S/C19H32N4/c1-15-20-18(22-16-10-6-2-3-7-11-16)14-19(21-15)23-17-12-8-4-5-9-13-17/h14,16-17H,2-13H2,1H3,(H2,20,21,22,23). The van der Waals surface area contributed by atoms with E-state index in [-0.39, 0.29) is 0 Å². The predicted molar refractivity (Wildman–Crippen MR) is 97.0 cm³/mol. The van der Waals surface area contributed by atoms with E-state index in [1.165, 1.54) is 77.0 Å². The summed E-state index contributed by atoms with van der Waals surface area (Å²) in [4.78, 5) is 9.22. The van der Waals surface area contributed by atoms with Crippen molar-refractivity contribution < 1.29 is 0 Å². The number of aryl methyl sites for hydroxylation is 1. The molecular weight excluding hydrogens is 284 g/mol. The summed E-state index contributed by atoms with van der Waals surface area (Å²) in [6.07, 6.45) is 16.0.